The van der Waals surface area contributed by atoms with Crippen LogP contribution in [-0.2, 0) is 4.74 Å². The molecule has 2 fully saturated rings. The second-order valence-electron chi connectivity index (χ2n) is 7.27. The van der Waals surface area contributed by atoms with Crippen LogP contribution in [0.4, 0.5) is 4.79 Å². The van der Waals surface area contributed by atoms with Crippen LogP contribution in [0.25, 0.3) is 0 Å². The van der Waals surface area contributed by atoms with E-state index in [1.165, 1.54) is 38.6 Å². The Balaban J connectivity index is 1.72. The van der Waals surface area contributed by atoms with E-state index in [0.717, 1.165) is 13.1 Å². The molecule has 0 radical (unpaired) electrons. The molecule has 0 aromatic carbocycles. The van der Waals surface area contributed by atoms with Crippen molar-refractivity contribution >= 4 is 6.09 Å². The van der Waals surface area contributed by atoms with Gasteiger partial charge in [0.1, 0.15) is 5.60 Å². The van der Waals surface area contributed by atoms with Crippen LogP contribution in [0.2, 0.25) is 0 Å². The molecule has 1 aliphatic carbocycles. The van der Waals surface area contributed by atoms with Crippen LogP contribution in [0.5, 0.6) is 0 Å². The van der Waals surface area contributed by atoms with Gasteiger partial charge in [0.15, 0.2) is 0 Å². The minimum absolute atomic E-state index is 0.282. The van der Waals surface area contributed by atoms with Gasteiger partial charge in [-0.3, -0.25) is 0 Å². The summed E-state index contributed by atoms with van der Waals surface area (Å²) in [5.74, 6) is 0.618. The number of ether oxygens (including phenoxy) is 1. The number of carbonyl (C=O) groups excluding carboxylic acids is 1. The van der Waals surface area contributed by atoms with E-state index in [1.54, 1.807) is 0 Å². The van der Waals surface area contributed by atoms with Crippen molar-refractivity contribution in [2.75, 3.05) is 19.6 Å². The number of rotatable bonds is 2. The lowest BCUT2D eigenvalue weighted by molar-refractivity contribution is 0.0518. The smallest absolute Gasteiger partial charge is 0.407 e. The average molecular weight is 268 g/mol. The van der Waals surface area contributed by atoms with E-state index in [2.05, 4.69) is 10.6 Å². The highest BCUT2D eigenvalue weighted by atomic mass is 16.6. The maximum absolute atomic E-state index is 11.6. The van der Waals surface area contributed by atoms with E-state index >= 15 is 0 Å². The molecule has 1 aliphatic heterocycles. The second-order valence-corrected chi connectivity index (χ2v) is 7.27. The van der Waals surface area contributed by atoms with E-state index in [1.807, 2.05) is 20.8 Å². The van der Waals surface area contributed by atoms with Crippen molar-refractivity contribution in [3.63, 3.8) is 0 Å². The lowest BCUT2D eigenvalue weighted by Gasteiger charge is -2.34. The minimum atomic E-state index is -0.408. The van der Waals surface area contributed by atoms with Crippen LogP contribution in [0, 0.1) is 11.3 Å². The molecule has 2 N–H and O–H groups in total. The SMILES string of the molecule is CC(C)(C)OC(=O)NCC1CCC2(CCCNC2)C1. The van der Waals surface area contributed by atoms with Crippen molar-refractivity contribution < 1.29 is 9.53 Å². The molecule has 110 valence electrons. The minimum Gasteiger partial charge on any atom is -0.444 e. The van der Waals surface area contributed by atoms with Crippen molar-refractivity contribution in [3.05, 3.63) is 0 Å². The standard InChI is InChI=1S/C15H28N2O2/c1-14(2,3)19-13(18)17-10-12-5-7-15(9-12)6-4-8-16-11-15/h12,16H,4-11H2,1-3H3,(H,17,18). The second kappa shape index (κ2) is 5.70. The highest BCUT2D eigenvalue weighted by Crippen LogP contribution is 2.45. The summed E-state index contributed by atoms with van der Waals surface area (Å²) in [6.45, 7) is 8.77. The molecule has 0 aromatic rings. The van der Waals surface area contributed by atoms with Gasteiger partial charge in [-0.15, -0.1) is 0 Å². The molecule has 19 heavy (non-hydrogen) atoms. The largest absolute Gasteiger partial charge is 0.444 e. The molecule has 4 heteroatoms. The predicted molar refractivity (Wildman–Crippen MR) is 76.1 cm³/mol. The molecule has 2 rings (SSSR count). The maximum Gasteiger partial charge on any atom is 0.407 e. The van der Waals surface area contributed by atoms with Gasteiger partial charge in [-0.05, 0) is 70.8 Å². The van der Waals surface area contributed by atoms with E-state index in [4.69, 9.17) is 4.74 Å². The molecule has 1 amide bonds. The Morgan fingerprint density at radius 1 is 1.42 bits per heavy atom. The zero-order valence-corrected chi connectivity index (χ0v) is 12.6. The normalized spacial score (nSPS) is 31.4. The molecule has 1 saturated carbocycles. The fraction of sp³-hybridized carbons (Fsp3) is 0.933. The number of carbonyl (C=O) groups is 1. The maximum atomic E-state index is 11.6. The first kappa shape index (κ1) is 14.6. The summed E-state index contributed by atoms with van der Waals surface area (Å²) < 4.78 is 5.27. The molecule has 4 nitrogen and oxygen atoms in total. The Morgan fingerprint density at radius 2 is 2.21 bits per heavy atom. The van der Waals surface area contributed by atoms with Crippen LogP contribution in [0.3, 0.4) is 0 Å². The third kappa shape index (κ3) is 4.37. The number of alkyl carbamates (subject to hydrolysis) is 1. The van der Waals surface area contributed by atoms with Crippen LogP contribution < -0.4 is 10.6 Å². The van der Waals surface area contributed by atoms with Gasteiger partial charge in [0.05, 0.1) is 0 Å². The summed E-state index contributed by atoms with van der Waals surface area (Å²) >= 11 is 0. The summed E-state index contributed by atoms with van der Waals surface area (Å²) in [7, 11) is 0. The summed E-state index contributed by atoms with van der Waals surface area (Å²) in [5, 5.41) is 6.44. The third-order valence-electron chi connectivity index (χ3n) is 4.30. The fourth-order valence-electron chi connectivity index (χ4n) is 3.46. The van der Waals surface area contributed by atoms with Crippen molar-refractivity contribution in [3.8, 4) is 0 Å². The summed E-state index contributed by atoms with van der Waals surface area (Å²) in [6, 6.07) is 0. The lowest BCUT2D eigenvalue weighted by Crippen LogP contribution is -2.39. The molecule has 0 aromatic heterocycles. The van der Waals surface area contributed by atoms with E-state index in [-0.39, 0.29) is 6.09 Å². The Labute approximate surface area is 116 Å². The number of hydrogen-bond acceptors (Lipinski definition) is 3. The lowest BCUT2D eigenvalue weighted by atomic mass is 9.78. The van der Waals surface area contributed by atoms with Gasteiger partial charge in [0.25, 0.3) is 0 Å². The van der Waals surface area contributed by atoms with E-state index in [0.29, 0.717) is 11.3 Å². The Kier molecular flexibility index (Phi) is 4.39. The Hall–Kier alpha value is -0.770. The number of amides is 1. The Bertz CT molecular complexity index is 317. The fourth-order valence-corrected chi connectivity index (χ4v) is 3.46. The van der Waals surface area contributed by atoms with Gasteiger partial charge in [-0.2, -0.15) is 0 Å². The topological polar surface area (TPSA) is 50.4 Å². The zero-order valence-electron chi connectivity index (χ0n) is 12.6. The van der Waals surface area contributed by atoms with Crippen LogP contribution in [0.1, 0.15) is 52.9 Å². The monoisotopic (exact) mass is 268 g/mol. The molecule has 0 bridgehead atoms. The highest BCUT2D eigenvalue weighted by Gasteiger charge is 2.39. The zero-order chi connectivity index (χ0) is 13.9. The van der Waals surface area contributed by atoms with Gasteiger partial charge >= 0.3 is 6.09 Å². The van der Waals surface area contributed by atoms with Gasteiger partial charge < -0.3 is 15.4 Å². The molecular weight excluding hydrogens is 240 g/mol. The van der Waals surface area contributed by atoms with E-state index < -0.39 is 5.60 Å². The van der Waals surface area contributed by atoms with Crippen molar-refractivity contribution in [2.45, 2.75) is 58.5 Å². The van der Waals surface area contributed by atoms with Gasteiger partial charge in [0.2, 0.25) is 0 Å². The molecule has 1 spiro atoms. The van der Waals surface area contributed by atoms with Gasteiger partial charge in [-0.25, -0.2) is 4.79 Å². The summed E-state index contributed by atoms with van der Waals surface area (Å²) in [5.41, 5.74) is 0.104. The van der Waals surface area contributed by atoms with Crippen molar-refractivity contribution in [2.24, 2.45) is 11.3 Å². The molecular formula is C15H28N2O2. The summed E-state index contributed by atoms with van der Waals surface area (Å²) in [6.07, 6.45) is 6.15. The molecule has 2 atom stereocenters. The molecule has 1 saturated heterocycles. The first-order valence-corrected chi connectivity index (χ1v) is 7.56. The van der Waals surface area contributed by atoms with Gasteiger partial charge in [-0.1, -0.05) is 0 Å². The molecule has 2 unspecified atom stereocenters. The van der Waals surface area contributed by atoms with Crippen LogP contribution in [-0.4, -0.2) is 31.3 Å². The van der Waals surface area contributed by atoms with Gasteiger partial charge in [0, 0.05) is 13.1 Å². The third-order valence-corrected chi connectivity index (χ3v) is 4.30. The van der Waals surface area contributed by atoms with Crippen LogP contribution in [0.15, 0.2) is 0 Å². The quantitative estimate of drug-likeness (QED) is 0.809. The summed E-state index contributed by atoms with van der Waals surface area (Å²) in [4.78, 5) is 11.6. The molecule has 2 aliphatic rings. The molecule has 1 heterocycles. The van der Waals surface area contributed by atoms with Crippen LogP contribution >= 0.6 is 0 Å². The van der Waals surface area contributed by atoms with Crippen molar-refractivity contribution in [1.82, 2.24) is 10.6 Å². The average Bonchev–Trinajstić information content (AvgIpc) is 2.69. The number of hydrogen-bond donors (Lipinski definition) is 2. The number of nitrogens with one attached hydrogen (secondary N) is 2. The highest BCUT2D eigenvalue weighted by molar-refractivity contribution is 5.67. The van der Waals surface area contributed by atoms with E-state index in [9.17, 15) is 4.79 Å². The van der Waals surface area contributed by atoms with Crippen molar-refractivity contribution in [1.29, 1.82) is 0 Å². The Morgan fingerprint density at radius 3 is 2.84 bits per heavy atom. The first-order chi connectivity index (χ1) is 8.89. The predicted octanol–water partition coefficient (Wildman–Crippen LogP) is 2.68. The first-order valence-electron chi connectivity index (χ1n) is 7.56. The number of piperidine rings is 1.